The second-order valence-corrected chi connectivity index (χ2v) is 4.61. The van der Waals surface area contributed by atoms with Crippen molar-refractivity contribution in [3.05, 3.63) is 24.0 Å². The van der Waals surface area contributed by atoms with Gasteiger partial charge in [-0.25, -0.2) is 4.98 Å². The average molecular weight is 262 g/mol. The van der Waals surface area contributed by atoms with Crippen LogP contribution in [-0.4, -0.2) is 9.97 Å². The van der Waals surface area contributed by atoms with Crippen LogP contribution in [0.4, 0.5) is 5.69 Å². The molecule has 0 bridgehead atoms. The molecule has 0 unspecified atom stereocenters. The Labute approximate surface area is 108 Å². The summed E-state index contributed by atoms with van der Waals surface area (Å²) in [6.45, 7) is 6.40. The lowest BCUT2D eigenvalue weighted by molar-refractivity contribution is 0.554. The molecule has 3 N–H and O–H groups in total. The number of hydrogen-bond donors (Lipinski definition) is 2. The van der Waals surface area contributed by atoms with E-state index in [9.17, 15) is 0 Å². The van der Waals surface area contributed by atoms with Crippen molar-refractivity contribution in [2.24, 2.45) is 0 Å². The molecule has 1 aromatic heterocycles. The molecule has 0 fully saturated rings. The number of aromatic nitrogens is 2. The van der Waals surface area contributed by atoms with Crippen LogP contribution in [0.1, 0.15) is 26.6 Å². The lowest BCUT2D eigenvalue weighted by Gasteiger charge is -2.13. The zero-order chi connectivity index (χ0) is 10.3. The fraction of sp³-hybridized carbons (Fsp3) is 0.364. The number of nitrogen functional groups attached to an aromatic ring is 1. The summed E-state index contributed by atoms with van der Waals surface area (Å²) >= 11 is 0. The number of imidazole rings is 1. The zero-order valence-electron chi connectivity index (χ0n) is 9.57. The van der Waals surface area contributed by atoms with E-state index in [1.165, 1.54) is 0 Å². The first kappa shape index (κ1) is 15.1. The molecule has 0 spiro atoms. The molecule has 3 nitrogen and oxygen atoms in total. The molecule has 0 amide bonds. The molecule has 5 heteroatoms. The number of fused-ring (bicyclic) bond motifs is 1. The summed E-state index contributed by atoms with van der Waals surface area (Å²) in [6, 6.07) is 5.73. The van der Waals surface area contributed by atoms with Crippen molar-refractivity contribution in [3.8, 4) is 0 Å². The van der Waals surface area contributed by atoms with Gasteiger partial charge in [0.05, 0.1) is 11.0 Å². The SMILES string of the molecule is CC(C)(C)c1nc2ccc(N)cc2[nH]1.Cl.Cl. The smallest absolute Gasteiger partial charge is 0.112 e. The average Bonchev–Trinajstić information content (AvgIpc) is 2.45. The molecule has 16 heavy (non-hydrogen) atoms. The third-order valence-electron chi connectivity index (χ3n) is 2.22. The van der Waals surface area contributed by atoms with Crippen LogP contribution in [-0.2, 0) is 5.41 Å². The molecule has 0 aliphatic rings. The maximum absolute atomic E-state index is 5.69. The number of hydrogen-bond acceptors (Lipinski definition) is 2. The lowest BCUT2D eigenvalue weighted by atomic mass is 9.96. The highest BCUT2D eigenvalue weighted by Gasteiger charge is 2.17. The van der Waals surface area contributed by atoms with Gasteiger partial charge in [-0.2, -0.15) is 0 Å². The second-order valence-electron chi connectivity index (χ2n) is 4.61. The fourth-order valence-corrected chi connectivity index (χ4v) is 1.38. The molecule has 1 heterocycles. The van der Waals surface area contributed by atoms with Crippen molar-refractivity contribution in [1.82, 2.24) is 9.97 Å². The van der Waals surface area contributed by atoms with E-state index in [4.69, 9.17) is 5.73 Å². The summed E-state index contributed by atoms with van der Waals surface area (Å²) in [5.41, 5.74) is 8.49. The van der Waals surface area contributed by atoms with E-state index in [-0.39, 0.29) is 30.2 Å². The van der Waals surface area contributed by atoms with Crippen LogP contribution >= 0.6 is 24.8 Å². The van der Waals surface area contributed by atoms with E-state index >= 15 is 0 Å². The summed E-state index contributed by atoms with van der Waals surface area (Å²) < 4.78 is 0. The Bertz CT molecular complexity index is 472. The fourth-order valence-electron chi connectivity index (χ4n) is 1.38. The molecular formula is C11H17Cl2N3. The highest BCUT2D eigenvalue weighted by molar-refractivity contribution is 5.85. The van der Waals surface area contributed by atoms with E-state index in [1.54, 1.807) is 0 Å². The van der Waals surface area contributed by atoms with E-state index in [1.807, 2.05) is 18.2 Å². The Balaban J connectivity index is 0.00000112. The number of benzene rings is 1. The molecule has 90 valence electrons. The summed E-state index contributed by atoms with van der Waals surface area (Å²) in [5, 5.41) is 0. The van der Waals surface area contributed by atoms with Crippen molar-refractivity contribution in [2.45, 2.75) is 26.2 Å². The standard InChI is InChI=1S/C11H15N3.2ClH/c1-11(2,3)10-13-8-5-4-7(12)6-9(8)14-10;;/h4-6H,12H2,1-3H3,(H,13,14);2*1H. The highest BCUT2D eigenvalue weighted by Crippen LogP contribution is 2.23. The topological polar surface area (TPSA) is 54.7 Å². The van der Waals surface area contributed by atoms with E-state index in [0.29, 0.717) is 0 Å². The normalized spacial score (nSPS) is 10.7. The van der Waals surface area contributed by atoms with Gasteiger partial charge in [-0.3, -0.25) is 0 Å². The molecule has 0 saturated carbocycles. The minimum Gasteiger partial charge on any atom is -0.399 e. The van der Waals surface area contributed by atoms with Crippen molar-refractivity contribution in [3.63, 3.8) is 0 Å². The molecule has 0 atom stereocenters. The predicted molar refractivity (Wildman–Crippen MR) is 73.7 cm³/mol. The maximum atomic E-state index is 5.69. The van der Waals surface area contributed by atoms with Crippen molar-refractivity contribution in [1.29, 1.82) is 0 Å². The molecule has 0 aliphatic heterocycles. The van der Waals surface area contributed by atoms with Crippen LogP contribution in [0.3, 0.4) is 0 Å². The molecule has 1 aromatic carbocycles. The van der Waals surface area contributed by atoms with Gasteiger partial charge >= 0.3 is 0 Å². The van der Waals surface area contributed by atoms with Gasteiger partial charge in [0.1, 0.15) is 5.82 Å². The summed E-state index contributed by atoms with van der Waals surface area (Å²) in [7, 11) is 0. The molecule has 0 aliphatic carbocycles. The third-order valence-corrected chi connectivity index (χ3v) is 2.22. The first-order chi connectivity index (χ1) is 6.47. The Morgan fingerprint density at radius 2 is 1.81 bits per heavy atom. The van der Waals surface area contributed by atoms with Crippen molar-refractivity contribution < 1.29 is 0 Å². The van der Waals surface area contributed by atoms with Gasteiger partial charge in [0.25, 0.3) is 0 Å². The molecular weight excluding hydrogens is 245 g/mol. The summed E-state index contributed by atoms with van der Waals surface area (Å²) in [5.74, 6) is 0.998. The summed E-state index contributed by atoms with van der Waals surface area (Å²) in [4.78, 5) is 7.80. The molecule has 0 saturated heterocycles. The van der Waals surface area contributed by atoms with Crippen LogP contribution in [0, 0.1) is 0 Å². The maximum Gasteiger partial charge on any atom is 0.112 e. The quantitative estimate of drug-likeness (QED) is 0.716. The van der Waals surface area contributed by atoms with Gasteiger partial charge in [-0.15, -0.1) is 24.8 Å². The van der Waals surface area contributed by atoms with E-state index in [2.05, 4.69) is 30.7 Å². The predicted octanol–water partition coefficient (Wildman–Crippen LogP) is 3.29. The first-order valence-corrected chi connectivity index (χ1v) is 4.72. The van der Waals surface area contributed by atoms with Gasteiger partial charge in [0, 0.05) is 11.1 Å². The first-order valence-electron chi connectivity index (χ1n) is 4.72. The number of H-pyrrole nitrogens is 1. The number of halogens is 2. The van der Waals surface area contributed by atoms with Gasteiger partial charge < -0.3 is 10.7 Å². The summed E-state index contributed by atoms with van der Waals surface area (Å²) in [6.07, 6.45) is 0. The zero-order valence-corrected chi connectivity index (χ0v) is 11.2. The van der Waals surface area contributed by atoms with Gasteiger partial charge in [-0.05, 0) is 18.2 Å². The minimum atomic E-state index is 0. The van der Waals surface area contributed by atoms with Gasteiger partial charge in [0.15, 0.2) is 0 Å². The van der Waals surface area contributed by atoms with E-state index < -0.39 is 0 Å². The number of anilines is 1. The van der Waals surface area contributed by atoms with Crippen LogP contribution < -0.4 is 5.73 Å². The van der Waals surface area contributed by atoms with Crippen LogP contribution in [0.5, 0.6) is 0 Å². The van der Waals surface area contributed by atoms with E-state index in [0.717, 1.165) is 22.5 Å². The van der Waals surface area contributed by atoms with Crippen LogP contribution in [0.25, 0.3) is 11.0 Å². The Morgan fingerprint density at radius 3 is 2.38 bits per heavy atom. The second kappa shape index (κ2) is 4.93. The lowest BCUT2D eigenvalue weighted by Crippen LogP contribution is -2.12. The number of nitrogens with one attached hydrogen (secondary N) is 1. The number of aromatic amines is 1. The largest absolute Gasteiger partial charge is 0.399 e. The number of nitrogens with two attached hydrogens (primary N) is 1. The molecule has 2 rings (SSSR count). The Kier molecular flexibility index (Phi) is 4.65. The van der Waals surface area contributed by atoms with Crippen LogP contribution in [0.15, 0.2) is 18.2 Å². The van der Waals surface area contributed by atoms with Crippen molar-refractivity contribution >= 4 is 41.5 Å². The minimum absolute atomic E-state index is 0. The third kappa shape index (κ3) is 2.80. The number of nitrogens with zero attached hydrogens (tertiary/aromatic N) is 1. The number of rotatable bonds is 0. The van der Waals surface area contributed by atoms with Gasteiger partial charge in [-0.1, -0.05) is 20.8 Å². The Morgan fingerprint density at radius 1 is 1.19 bits per heavy atom. The Hall–Kier alpha value is -0.930. The molecule has 2 aromatic rings. The monoisotopic (exact) mass is 261 g/mol. The molecule has 0 radical (unpaired) electrons. The highest BCUT2D eigenvalue weighted by atomic mass is 35.5. The van der Waals surface area contributed by atoms with Gasteiger partial charge in [0.2, 0.25) is 0 Å². The van der Waals surface area contributed by atoms with Crippen LogP contribution in [0.2, 0.25) is 0 Å². The van der Waals surface area contributed by atoms with Crippen molar-refractivity contribution in [2.75, 3.05) is 5.73 Å².